The molecule has 0 saturated heterocycles. The molecule has 0 radical (unpaired) electrons. The summed E-state index contributed by atoms with van der Waals surface area (Å²) in [4.78, 5) is 0. The van der Waals surface area contributed by atoms with Crippen molar-refractivity contribution < 1.29 is 0 Å². The van der Waals surface area contributed by atoms with Crippen LogP contribution in [0.4, 0.5) is 0 Å². The van der Waals surface area contributed by atoms with E-state index in [-0.39, 0.29) is 6.04 Å². The maximum Gasteiger partial charge on any atom is 0.0923 e. The molecule has 14 heavy (non-hydrogen) atoms. The summed E-state index contributed by atoms with van der Waals surface area (Å²) in [7, 11) is 1.94. The van der Waals surface area contributed by atoms with Crippen molar-refractivity contribution in [3.8, 4) is 0 Å². The number of benzene rings is 1. The fourth-order valence-corrected chi connectivity index (χ4v) is 1.70. The molecule has 3 nitrogen and oxygen atoms in total. The van der Waals surface area contributed by atoms with Gasteiger partial charge >= 0.3 is 0 Å². The van der Waals surface area contributed by atoms with Gasteiger partial charge in [0.05, 0.1) is 5.52 Å². The van der Waals surface area contributed by atoms with Crippen LogP contribution in [0.3, 0.4) is 0 Å². The molecule has 0 bridgehead atoms. The molecule has 2 rings (SSSR count). The van der Waals surface area contributed by atoms with Crippen molar-refractivity contribution in [2.45, 2.75) is 19.4 Å². The SMILES string of the molecule is CC(N)Cc1ccc2nn(C)cc2c1. The normalized spacial score (nSPS) is 13.4. The van der Waals surface area contributed by atoms with E-state index in [4.69, 9.17) is 5.73 Å². The Balaban J connectivity index is 2.40. The number of hydrogen-bond acceptors (Lipinski definition) is 2. The van der Waals surface area contributed by atoms with Crippen LogP contribution >= 0.6 is 0 Å². The highest BCUT2D eigenvalue weighted by Crippen LogP contribution is 2.14. The molecule has 1 unspecified atom stereocenters. The van der Waals surface area contributed by atoms with Gasteiger partial charge in [-0.15, -0.1) is 0 Å². The predicted octanol–water partition coefficient (Wildman–Crippen LogP) is 1.46. The minimum Gasteiger partial charge on any atom is -0.328 e. The Morgan fingerprint density at radius 1 is 1.50 bits per heavy atom. The molecule has 0 fully saturated rings. The smallest absolute Gasteiger partial charge is 0.0923 e. The molecule has 1 atom stereocenters. The lowest BCUT2D eigenvalue weighted by molar-refractivity contribution is 0.739. The molecular weight excluding hydrogens is 174 g/mol. The minimum atomic E-state index is 0.212. The van der Waals surface area contributed by atoms with Gasteiger partial charge < -0.3 is 5.73 Å². The van der Waals surface area contributed by atoms with Gasteiger partial charge in [0.1, 0.15) is 0 Å². The number of nitrogens with zero attached hydrogens (tertiary/aromatic N) is 2. The maximum absolute atomic E-state index is 5.75. The van der Waals surface area contributed by atoms with Crippen molar-refractivity contribution in [2.24, 2.45) is 12.8 Å². The number of rotatable bonds is 2. The van der Waals surface area contributed by atoms with E-state index in [0.29, 0.717) is 0 Å². The topological polar surface area (TPSA) is 43.8 Å². The van der Waals surface area contributed by atoms with Crippen LogP contribution in [0.1, 0.15) is 12.5 Å². The zero-order valence-electron chi connectivity index (χ0n) is 8.57. The Kier molecular flexibility index (Phi) is 2.25. The third-order valence-corrected chi connectivity index (χ3v) is 2.24. The summed E-state index contributed by atoms with van der Waals surface area (Å²) in [5.74, 6) is 0. The van der Waals surface area contributed by atoms with Crippen LogP contribution in [0.25, 0.3) is 10.9 Å². The fourth-order valence-electron chi connectivity index (χ4n) is 1.70. The van der Waals surface area contributed by atoms with E-state index in [1.807, 2.05) is 30.9 Å². The molecule has 2 aromatic rings. The van der Waals surface area contributed by atoms with Gasteiger partial charge in [0, 0.05) is 24.7 Å². The van der Waals surface area contributed by atoms with Crippen molar-refractivity contribution in [3.63, 3.8) is 0 Å². The first-order valence-electron chi connectivity index (χ1n) is 4.83. The monoisotopic (exact) mass is 189 g/mol. The Morgan fingerprint density at radius 2 is 2.29 bits per heavy atom. The average molecular weight is 189 g/mol. The minimum absolute atomic E-state index is 0.212. The molecule has 1 heterocycles. The molecule has 0 aliphatic heterocycles. The van der Waals surface area contributed by atoms with Crippen molar-refractivity contribution in [3.05, 3.63) is 30.0 Å². The Labute approximate surface area is 83.5 Å². The third kappa shape index (κ3) is 1.77. The van der Waals surface area contributed by atoms with E-state index in [9.17, 15) is 0 Å². The van der Waals surface area contributed by atoms with Gasteiger partial charge in [-0.25, -0.2) is 0 Å². The summed E-state index contributed by atoms with van der Waals surface area (Å²) in [6, 6.07) is 6.52. The predicted molar refractivity (Wildman–Crippen MR) is 58.1 cm³/mol. The molecule has 1 aromatic carbocycles. The average Bonchev–Trinajstić information content (AvgIpc) is 2.42. The number of aryl methyl sites for hydroxylation is 1. The zero-order valence-corrected chi connectivity index (χ0v) is 8.57. The standard InChI is InChI=1S/C11H15N3/c1-8(12)5-9-3-4-11-10(6-9)7-14(2)13-11/h3-4,6-8H,5,12H2,1-2H3. The first kappa shape index (κ1) is 9.21. The molecule has 0 spiro atoms. The first-order chi connectivity index (χ1) is 6.65. The fraction of sp³-hybridized carbons (Fsp3) is 0.364. The summed E-state index contributed by atoms with van der Waals surface area (Å²) < 4.78 is 1.83. The lowest BCUT2D eigenvalue weighted by Crippen LogP contribution is -2.17. The summed E-state index contributed by atoms with van der Waals surface area (Å²) in [6.07, 6.45) is 2.95. The van der Waals surface area contributed by atoms with Crippen molar-refractivity contribution in [1.29, 1.82) is 0 Å². The van der Waals surface area contributed by atoms with Gasteiger partial charge in [0.15, 0.2) is 0 Å². The molecule has 3 heteroatoms. The van der Waals surface area contributed by atoms with Gasteiger partial charge in [-0.1, -0.05) is 6.07 Å². The van der Waals surface area contributed by atoms with Gasteiger partial charge in [-0.05, 0) is 31.0 Å². The molecule has 0 saturated carbocycles. The van der Waals surface area contributed by atoms with Crippen LogP contribution in [0, 0.1) is 0 Å². The zero-order chi connectivity index (χ0) is 10.1. The van der Waals surface area contributed by atoms with E-state index in [1.165, 1.54) is 10.9 Å². The molecule has 2 N–H and O–H groups in total. The van der Waals surface area contributed by atoms with Crippen LogP contribution in [-0.2, 0) is 13.5 Å². The summed E-state index contributed by atoms with van der Waals surface area (Å²) >= 11 is 0. The van der Waals surface area contributed by atoms with E-state index in [0.717, 1.165) is 11.9 Å². The van der Waals surface area contributed by atoms with Crippen molar-refractivity contribution >= 4 is 10.9 Å². The highest BCUT2D eigenvalue weighted by molar-refractivity contribution is 5.78. The van der Waals surface area contributed by atoms with Gasteiger partial charge in [-0.2, -0.15) is 5.10 Å². The van der Waals surface area contributed by atoms with E-state index in [2.05, 4.69) is 17.2 Å². The van der Waals surface area contributed by atoms with Crippen LogP contribution in [0.2, 0.25) is 0 Å². The van der Waals surface area contributed by atoms with Crippen LogP contribution < -0.4 is 5.73 Å². The maximum atomic E-state index is 5.75. The Morgan fingerprint density at radius 3 is 3.00 bits per heavy atom. The van der Waals surface area contributed by atoms with Crippen LogP contribution in [-0.4, -0.2) is 15.8 Å². The van der Waals surface area contributed by atoms with Crippen LogP contribution in [0.5, 0.6) is 0 Å². The number of nitrogens with two attached hydrogens (primary N) is 1. The first-order valence-corrected chi connectivity index (χ1v) is 4.83. The number of fused-ring (bicyclic) bond motifs is 1. The highest BCUT2D eigenvalue weighted by atomic mass is 15.2. The number of aromatic nitrogens is 2. The number of hydrogen-bond donors (Lipinski definition) is 1. The molecule has 0 amide bonds. The van der Waals surface area contributed by atoms with Gasteiger partial charge in [0.2, 0.25) is 0 Å². The quantitative estimate of drug-likeness (QED) is 0.777. The Bertz CT molecular complexity index is 443. The summed E-state index contributed by atoms with van der Waals surface area (Å²) in [5, 5.41) is 5.50. The Hall–Kier alpha value is -1.35. The lowest BCUT2D eigenvalue weighted by atomic mass is 10.1. The second-order valence-electron chi connectivity index (χ2n) is 3.88. The largest absolute Gasteiger partial charge is 0.328 e. The highest BCUT2D eigenvalue weighted by Gasteiger charge is 2.01. The van der Waals surface area contributed by atoms with E-state index in [1.54, 1.807) is 0 Å². The molecular formula is C11H15N3. The molecule has 0 aliphatic rings. The summed E-state index contributed by atoms with van der Waals surface area (Å²) in [5.41, 5.74) is 8.07. The second-order valence-corrected chi connectivity index (χ2v) is 3.88. The summed E-state index contributed by atoms with van der Waals surface area (Å²) in [6.45, 7) is 2.02. The van der Waals surface area contributed by atoms with E-state index >= 15 is 0 Å². The lowest BCUT2D eigenvalue weighted by Gasteiger charge is -2.04. The molecule has 0 aliphatic carbocycles. The van der Waals surface area contributed by atoms with Crippen LogP contribution in [0.15, 0.2) is 24.4 Å². The second kappa shape index (κ2) is 3.42. The molecule has 1 aromatic heterocycles. The van der Waals surface area contributed by atoms with E-state index < -0.39 is 0 Å². The van der Waals surface area contributed by atoms with Gasteiger partial charge in [0.25, 0.3) is 0 Å². The van der Waals surface area contributed by atoms with Gasteiger partial charge in [-0.3, -0.25) is 4.68 Å². The molecule has 74 valence electrons. The van der Waals surface area contributed by atoms with Crippen molar-refractivity contribution in [2.75, 3.05) is 0 Å². The van der Waals surface area contributed by atoms with Crippen molar-refractivity contribution in [1.82, 2.24) is 9.78 Å². The third-order valence-electron chi connectivity index (χ3n) is 2.24.